The number of benzene rings is 2. The van der Waals surface area contributed by atoms with Crippen LogP contribution in [0.25, 0.3) is 33.5 Å². The van der Waals surface area contributed by atoms with Gasteiger partial charge in [0.05, 0.1) is 11.2 Å². The van der Waals surface area contributed by atoms with Crippen LogP contribution in [-0.2, 0) is 0 Å². The molecule has 4 rings (SSSR count). The van der Waals surface area contributed by atoms with Crippen LogP contribution in [0, 0.1) is 0 Å². The first-order valence-electron chi connectivity index (χ1n) is 6.41. The molecule has 0 bridgehead atoms. The van der Waals surface area contributed by atoms with Crippen LogP contribution in [0.15, 0.2) is 48.8 Å². The number of H-pyrrole nitrogens is 2. The molecule has 2 heterocycles. The number of nitrogens with one attached hydrogen (secondary N) is 2. The van der Waals surface area contributed by atoms with Gasteiger partial charge in [-0.05, 0) is 30.3 Å². The monoisotopic (exact) mass is 295 g/mol. The van der Waals surface area contributed by atoms with Gasteiger partial charge in [0.25, 0.3) is 0 Å². The molecule has 0 amide bonds. The highest BCUT2D eigenvalue weighted by molar-refractivity contribution is 6.30. The highest BCUT2D eigenvalue weighted by Crippen LogP contribution is 2.29. The van der Waals surface area contributed by atoms with E-state index >= 15 is 0 Å². The quantitative estimate of drug-likeness (QED) is 0.593. The van der Waals surface area contributed by atoms with Crippen molar-refractivity contribution in [2.45, 2.75) is 0 Å². The second-order valence-electron chi connectivity index (χ2n) is 4.67. The standard InChI is InChI=1S/C15H10ClN5/c16-11-4-1-9(2-5-11)14-12-7-10(15-17-8-18-21-15)3-6-13(12)19-20-14/h1-8H,(H,19,20)(H,17,18,21). The molecule has 0 spiro atoms. The first-order valence-corrected chi connectivity index (χ1v) is 6.79. The van der Waals surface area contributed by atoms with E-state index in [4.69, 9.17) is 11.6 Å². The molecular formula is C15H10ClN5. The fraction of sp³-hybridized carbons (Fsp3) is 0. The highest BCUT2D eigenvalue weighted by Gasteiger charge is 2.10. The van der Waals surface area contributed by atoms with Crippen LogP contribution in [-0.4, -0.2) is 25.4 Å². The number of aromatic amines is 2. The summed E-state index contributed by atoms with van der Waals surface area (Å²) < 4.78 is 0. The van der Waals surface area contributed by atoms with Crippen molar-refractivity contribution in [2.75, 3.05) is 0 Å². The number of halogens is 1. The van der Waals surface area contributed by atoms with Crippen molar-refractivity contribution in [2.24, 2.45) is 0 Å². The van der Waals surface area contributed by atoms with Gasteiger partial charge >= 0.3 is 0 Å². The van der Waals surface area contributed by atoms with Crippen molar-refractivity contribution in [1.29, 1.82) is 0 Å². The van der Waals surface area contributed by atoms with Crippen LogP contribution < -0.4 is 0 Å². The van der Waals surface area contributed by atoms with Crippen LogP contribution in [0.2, 0.25) is 5.02 Å². The molecule has 2 aromatic heterocycles. The zero-order valence-corrected chi connectivity index (χ0v) is 11.6. The maximum Gasteiger partial charge on any atom is 0.155 e. The molecule has 0 saturated carbocycles. The lowest BCUT2D eigenvalue weighted by atomic mass is 10.1. The second kappa shape index (κ2) is 4.71. The fourth-order valence-electron chi connectivity index (χ4n) is 2.33. The van der Waals surface area contributed by atoms with E-state index in [1.165, 1.54) is 6.33 Å². The number of nitrogens with zero attached hydrogens (tertiary/aromatic N) is 3. The normalized spacial score (nSPS) is 11.1. The third-order valence-corrected chi connectivity index (χ3v) is 3.62. The molecular weight excluding hydrogens is 286 g/mol. The molecule has 6 heteroatoms. The van der Waals surface area contributed by atoms with E-state index in [0.29, 0.717) is 5.02 Å². The zero-order valence-electron chi connectivity index (χ0n) is 10.8. The Kier molecular flexibility index (Phi) is 2.72. The van der Waals surface area contributed by atoms with Gasteiger partial charge in [-0.1, -0.05) is 23.7 Å². The molecule has 2 aromatic carbocycles. The van der Waals surface area contributed by atoms with Crippen LogP contribution in [0.3, 0.4) is 0 Å². The lowest BCUT2D eigenvalue weighted by Crippen LogP contribution is -1.82. The van der Waals surface area contributed by atoms with E-state index in [1.807, 2.05) is 42.5 Å². The number of aromatic nitrogens is 5. The van der Waals surface area contributed by atoms with Gasteiger partial charge in [0, 0.05) is 21.5 Å². The maximum atomic E-state index is 5.94. The topological polar surface area (TPSA) is 70.2 Å². The molecule has 0 aliphatic carbocycles. The van der Waals surface area contributed by atoms with Crippen molar-refractivity contribution in [3.05, 3.63) is 53.8 Å². The Balaban J connectivity index is 1.90. The average molecular weight is 296 g/mol. The summed E-state index contributed by atoms with van der Waals surface area (Å²) in [5, 5.41) is 15.9. The van der Waals surface area contributed by atoms with E-state index in [2.05, 4.69) is 25.4 Å². The van der Waals surface area contributed by atoms with E-state index in [9.17, 15) is 0 Å². The summed E-state index contributed by atoms with van der Waals surface area (Å²) in [5.41, 5.74) is 3.85. The minimum Gasteiger partial charge on any atom is -0.277 e. The Bertz CT molecular complexity index is 894. The van der Waals surface area contributed by atoms with Gasteiger partial charge in [-0.2, -0.15) is 10.2 Å². The Hall–Kier alpha value is -2.66. The van der Waals surface area contributed by atoms with Crippen LogP contribution in [0.4, 0.5) is 0 Å². The first-order chi connectivity index (χ1) is 10.3. The number of hydrogen-bond acceptors (Lipinski definition) is 3. The Morgan fingerprint density at radius 1 is 0.905 bits per heavy atom. The summed E-state index contributed by atoms with van der Waals surface area (Å²) in [6.07, 6.45) is 1.50. The molecule has 5 nitrogen and oxygen atoms in total. The van der Waals surface area contributed by atoms with Crippen molar-refractivity contribution in [1.82, 2.24) is 25.4 Å². The van der Waals surface area contributed by atoms with E-state index in [1.54, 1.807) is 0 Å². The van der Waals surface area contributed by atoms with Crippen molar-refractivity contribution in [3.63, 3.8) is 0 Å². The summed E-state index contributed by atoms with van der Waals surface area (Å²) in [5.74, 6) is 0.736. The van der Waals surface area contributed by atoms with E-state index < -0.39 is 0 Å². The molecule has 0 fully saturated rings. The molecule has 0 unspecified atom stereocenters. The predicted octanol–water partition coefficient (Wildman–Crippen LogP) is 3.67. The molecule has 4 aromatic rings. The summed E-state index contributed by atoms with van der Waals surface area (Å²) in [4.78, 5) is 4.18. The van der Waals surface area contributed by atoms with Crippen LogP contribution in [0.1, 0.15) is 0 Å². The Labute approximate surface area is 125 Å². The van der Waals surface area contributed by atoms with Gasteiger partial charge in [-0.25, -0.2) is 4.98 Å². The molecule has 21 heavy (non-hydrogen) atoms. The van der Waals surface area contributed by atoms with Crippen molar-refractivity contribution >= 4 is 22.5 Å². The van der Waals surface area contributed by atoms with Gasteiger partial charge in [0.2, 0.25) is 0 Å². The Morgan fingerprint density at radius 2 is 1.71 bits per heavy atom. The smallest absolute Gasteiger partial charge is 0.155 e. The van der Waals surface area contributed by atoms with E-state index in [0.717, 1.165) is 33.5 Å². The summed E-state index contributed by atoms with van der Waals surface area (Å²) >= 11 is 5.94. The SMILES string of the molecule is Clc1ccc(-c2n[nH]c3ccc(-c4ncn[nH]4)cc23)cc1. The minimum atomic E-state index is 0.709. The van der Waals surface area contributed by atoms with Crippen LogP contribution in [0.5, 0.6) is 0 Å². The van der Waals surface area contributed by atoms with Gasteiger partial charge in [-0.3, -0.25) is 10.2 Å². The van der Waals surface area contributed by atoms with Gasteiger partial charge in [0.15, 0.2) is 5.82 Å². The lowest BCUT2D eigenvalue weighted by molar-refractivity contribution is 1.10. The van der Waals surface area contributed by atoms with Gasteiger partial charge in [0.1, 0.15) is 6.33 Å². The minimum absolute atomic E-state index is 0.709. The maximum absolute atomic E-state index is 5.94. The first kappa shape index (κ1) is 12.1. The number of fused-ring (bicyclic) bond motifs is 1. The fourth-order valence-corrected chi connectivity index (χ4v) is 2.46. The molecule has 0 aliphatic rings. The molecule has 0 saturated heterocycles. The third kappa shape index (κ3) is 2.08. The van der Waals surface area contributed by atoms with E-state index in [-0.39, 0.29) is 0 Å². The van der Waals surface area contributed by atoms with Gasteiger partial charge in [-0.15, -0.1) is 0 Å². The van der Waals surface area contributed by atoms with Gasteiger partial charge < -0.3 is 0 Å². The number of rotatable bonds is 2. The third-order valence-electron chi connectivity index (χ3n) is 3.37. The summed E-state index contributed by atoms with van der Waals surface area (Å²) in [6, 6.07) is 13.6. The molecule has 0 aliphatic heterocycles. The molecule has 102 valence electrons. The van der Waals surface area contributed by atoms with Crippen LogP contribution >= 0.6 is 11.6 Å². The number of hydrogen-bond donors (Lipinski definition) is 2. The van der Waals surface area contributed by atoms with Crippen molar-refractivity contribution in [3.8, 4) is 22.6 Å². The Morgan fingerprint density at radius 3 is 2.48 bits per heavy atom. The molecule has 2 N–H and O–H groups in total. The summed E-state index contributed by atoms with van der Waals surface area (Å²) in [7, 11) is 0. The molecule has 0 atom stereocenters. The second-order valence-corrected chi connectivity index (χ2v) is 5.11. The highest BCUT2D eigenvalue weighted by atomic mass is 35.5. The lowest BCUT2D eigenvalue weighted by Gasteiger charge is -2.00. The zero-order chi connectivity index (χ0) is 14.2. The van der Waals surface area contributed by atoms with Crippen molar-refractivity contribution < 1.29 is 0 Å². The summed E-state index contributed by atoms with van der Waals surface area (Å²) in [6.45, 7) is 0. The largest absolute Gasteiger partial charge is 0.277 e. The average Bonchev–Trinajstić information content (AvgIpc) is 3.17. The molecule has 0 radical (unpaired) electrons. The predicted molar refractivity (Wildman–Crippen MR) is 81.9 cm³/mol.